The van der Waals surface area contributed by atoms with Crippen LogP contribution in [-0.2, 0) is 9.63 Å². The second kappa shape index (κ2) is 5.58. The van der Waals surface area contributed by atoms with Gasteiger partial charge in [0.2, 0.25) is 0 Å². The fourth-order valence-electron chi connectivity index (χ4n) is 1.78. The van der Waals surface area contributed by atoms with Gasteiger partial charge in [-0.25, -0.2) is 5.06 Å². The number of likely N-dealkylation sites (N-methyl/N-ethyl adjacent to an activating group) is 1. The molecule has 0 spiro atoms. The summed E-state index contributed by atoms with van der Waals surface area (Å²) < 4.78 is 0. The molecule has 1 N–H and O–H groups in total. The standard InChI is InChI=1S/C12H16N2O3S/c1-14(17-2)12(16)10-7-18-11(13-10)8-3-5-9(15)6-4-8/h3,5,10,15H,4,6-7H2,1-2H3/t10-/m0/s1. The number of rotatable bonds is 3. The smallest absolute Gasteiger partial charge is 0.271 e. The molecule has 2 rings (SSSR count). The minimum Gasteiger partial charge on any atom is -0.512 e. The van der Waals surface area contributed by atoms with E-state index >= 15 is 0 Å². The van der Waals surface area contributed by atoms with Crippen molar-refractivity contribution in [3.05, 3.63) is 23.5 Å². The number of hydrogen-bond acceptors (Lipinski definition) is 5. The third-order valence-corrected chi connectivity index (χ3v) is 4.05. The van der Waals surface area contributed by atoms with Gasteiger partial charge in [0, 0.05) is 19.2 Å². The monoisotopic (exact) mass is 268 g/mol. The highest BCUT2D eigenvalue weighted by Crippen LogP contribution is 2.29. The number of amides is 1. The molecule has 2 aliphatic rings. The zero-order valence-corrected chi connectivity index (χ0v) is 11.2. The largest absolute Gasteiger partial charge is 0.512 e. The second-order valence-corrected chi connectivity index (χ2v) is 5.14. The van der Waals surface area contributed by atoms with E-state index in [-0.39, 0.29) is 11.9 Å². The Labute approximate surface area is 110 Å². The van der Waals surface area contributed by atoms with E-state index in [1.54, 1.807) is 24.9 Å². The maximum absolute atomic E-state index is 11.9. The van der Waals surface area contributed by atoms with Crippen molar-refractivity contribution < 1.29 is 14.7 Å². The number of aliphatic hydroxyl groups is 1. The Balaban J connectivity index is 2.07. The van der Waals surface area contributed by atoms with Gasteiger partial charge in [-0.2, -0.15) is 0 Å². The number of hydroxylamine groups is 2. The highest BCUT2D eigenvalue weighted by molar-refractivity contribution is 8.14. The SMILES string of the molecule is CON(C)C(=O)[C@@H]1CSC(C2=CC=C(O)CC2)=N1. The first-order valence-electron chi connectivity index (χ1n) is 5.73. The molecule has 0 aromatic carbocycles. The summed E-state index contributed by atoms with van der Waals surface area (Å²) in [6.07, 6.45) is 4.98. The normalized spacial score (nSPS) is 23.2. The molecule has 0 saturated heterocycles. The summed E-state index contributed by atoms with van der Waals surface area (Å²) in [5.74, 6) is 0.915. The minimum absolute atomic E-state index is 0.130. The van der Waals surface area contributed by atoms with Gasteiger partial charge in [0.25, 0.3) is 5.91 Å². The lowest BCUT2D eigenvalue weighted by molar-refractivity contribution is -0.169. The fourth-order valence-corrected chi connectivity index (χ4v) is 2.87. The lowest BCUT2D eigenvalue weighted by atomic mass is 10.0. The van der Waals surface area contributed by atoms with Gasteiger partial charge in [-0.3, -0.25) is 14.6 Å². The van der Waals surface area contributed by atoms with Crippen LogP contribution in [-0.4, -0.2) is 47.1 Å². The molecule has 18 heavy (non-hydrogen) atoms. The van der Waals surface area contributed by atoms with Crippen LogP contribution >= 0.6 is 11.8 Å². The molecule has 0 radical (unpaired) electrons. The van der Waals surface area contributed by atoms with E-state index in [1.165, 1.54) is 12.2 Å². The molecule has 0 unspecified atom stereocenters. The Morgan fingerprint density at radius 1 is 1.56 bits per heavy atom. The van der Waals surface area contributed by atoms with Crippen LogP contribution in [0.4, 0.5) is 0 Å². The first kappa shape index (κ1) is 13.2. The fraction of sp³-hybridized carbons (Fsp3) is 0.500. The molecular formula is C12H16N2O3S. The number of aliphatic imine (C=N–C) groups is 1. The van der Waals surface area contributed by atoms with Crippen LogP contribution in [0, 0.1) is 0 Å². The molecule has 1 atom stereocenters. The van der Waals surface area contributed by atoms with Crippen molar-refractivity contribution in [2.24, 2.45) is 4.99 Å². The molecule has 0 aromatic heterocycles. The minimum atomic E-state index is -0.365. The first-order chi connectivity index (χ1) is 8.61. The number of aliphatic hydroxyl groups excluding tert-OH is 1. The average Bonchev–Trinajstić information content (AvgIpc) is 2.87. The highest BCUT2D eigenvalue weighted by Gasteiger charge is 2.29. The lowest BCUT2D eigenvalue weighted by Crippen LogP contribution is -2.34. The van der Waals surface area contributed by atoms with E-state index in [9.17, 15) is 9.90 Å². The van der Waals surface area contributed by atoms with Crippen molar-refractivity contribution in [2.45, 2.75) is 18.9 Å². The molecule has 5 nitrogen and oxygen atoms in total. The van der Waals surface area contributed by atoms with Crippen molar-refractivity contribution in [2.75, 3.05) is 19.9 Å². The second-order valence-electron chi connectivity index (χ2n) is 4.13. The molecule has 1 heterocycles. The molecular weight excluding hydrogens is 252 g/mol. The molecule has 1 amide bonds. The summed E-state index contributed by atoms with van der Waals surface area (Å²) in [4.78, 5) is 21.2. The molecule has 1 aliphatic carbocycles. The van der Waals surface area contributed by atoms with Gasteiger partial charge >= 0.3 is 0 Å². The van der Waals surface area contributed by atoms with E-state index in [1.807, 2.05) is 6.08 Å². The molecule has 0 saturated carbocycles. The average molecular weight is 268 g/mol. The van der Waals surface area contributed by atoms with Crippen molar-refractivity contribution in [3.63, 3.8) is 0 Å². The predicted octanol–water partition coefficient (Wildman–Crippen LogP) is 1.68. The highest BCUT2D eigenvalue weighted by atomic mass is 32.2. The summed E-state index contributed by atoms with van der Waals surface area (Å²) >= 11 is 1.58. The van der Waals surface area contributed by atoms with E-state index in [4.69, 9.17) is 4.84 Å². The quantitative estimate of drug-likeness (QED) is 0.791. The Morgan fingerprint density at radius 3 is 2.94 bits per heavy atom. The summed E-state index contributed by atoms with van der Waals surface area (Å²) in [6, 6.07) is -0.365. The zero-order chi connectivity index (χ0) is 13.1. The number of hydrogen-bond donors (Lipinski definition) is 1. The molecule has 98 valence electrons. The van der Waals surface area contributed by atoms with Crippen LogP contribution in [0.15, 0.2) is 28.5 Å². The van der Waals surface area contributed by atoms with Crippen LogP contribution in [0.3, 0.4) is 0 Å². The number of carbonyl (C=O) groups excluding carboxylic acids is 1. The van der Waals surface area contributed by atoms with Gasteiger partial charge < -0.3 is 5.11 Å². The van der Waals surface area contributed by atoms with Crippen molar-refractivity contribution in [3.8, 4) is 0 Å². The number of thioether (sulfide) groups is 1. The number of carbonyl (C=O) groups is 1. The third-order valence-electron chi connectivity index (χ3n) is 2.92. The lowest BCUT2D eigenvalue weighted by Gasteiger charge is -2.15. The molecule has 1 aliphatic heterocycles. The predicted molar refractivity (Wildman–Crippen MR) is 71.5 cm³/mol. The van der Waals surface area contributed by atoms with Gasteiger partial charge in [0.05, 0.1) is 17.9 Å². The Kier molecular flexibility index (Phi) is 4.08. The molecule has 6 heteroatoms. The number of nitrogens with zero attached hydrogens (tertiary/aromatic N) is 2. The van der Waals surface area contributed by atoms with Gasteiger partial charge in [-0.05, 0) is 18.1 Å². The Hall–Kier alpha value is -1.27. The molecule has 0 bridgehead atoms. The van der Waals surface area contributed by atoms with Crippen molar-refractivity contribution in [1.82, 2.24) is 5.06 Å². The summed E-state index contributed by atoms with van der Waals surface area (Å²) in [7, 11) is 3.04. The van der Waals surface area contributed by atoms with Crippen LogP contribution < -0.4 is 0 Å². The summed E-state index contributed by atoms with van der Waals surface area (Å²) in [5, 5.41) is 11.4. The van der Waals surface area contributed by atoms with Crippen molar-refractivity contribution >= 4 is 22.7 Å². The van der Waals surface area contributed by atoms with Gasteiger partial charge in [0.15, 0.2) is 0 Å². The summed E-state index contributed by atoms with van der Waals surface area (Å²) in [6.45, 7) is 0. The van der Waals surface area contributed by atoms with Crippen LogP contribution in [0.1, 0.15) is 12.8 Å². The third kappa shape index (κ3) is 2.76. The molecule has 0 aromatic rings. The maximum atomic E-state index is 11.9. The van der Waals surface area contributed by atoms with E-state index in [0.29, 0.717) is 17.9 Å². The Morgan fingerprint density at radius 2 is 2.33 bits per heavy atom. The van der Waals surface area contributed by atoms with E-state index in [2.05, 4.69) is 4.99 Å². The number of allylic oxidation sites excluding steroid dienone is 3. The molecule has 0 fully saturated rings. The topological polar surface area (TPSA) is 62.1 Å². The first-order valence-corrected chi connectivity index (χ1v) is 6.71. The van der Waals surface area contributed by atoms with Crippen LogP contribution in [0.25, 0.3) is 0 Å². The van der Waals surface area contributed by atoms with E-state index < -0.39 is 0 Å². The van der Waals surface area contributed by atoms with Gasteiger partial charge in [0.1, 0.15) is 6.04 Å². The zero-order valence-electron chi connectivity index (χ0n) is 10.4. The Bertz CT molecular complexity index is 443. The van der Waals surface area contributed by atoms with Crippen molar-refractivity contribution in [1.29, 1.82) is 0 Å². The van der Waals surface area contributed by atoms with Gasteiger partial charge in [-0.1, -0.05) is 6.08 Å². The maximum Gasteiger partial charge on any atom is 0.271 e. The van der Waals surface area contributed by atoms with Gasteiger partial charge in [-0.15, -0.1) is 11.8 Å². The summed E-state index contributed by atoms with van der Waals surface area (Å²) in [5.41, 5.74) is 1.09. The van der Waals surface area contributed by atoms with E-state index in [0.717, 1.165) is 17.0 Å². The van der Waals surface area contributed by atoms with Crippen LogP contribution in [0.2, 0.25) is 0 Å². The van der Waals surface area contributed by atoms with Crippen LogP contribution in [0.5, 0.6) is 0 Å².